The number of nitrogens with one attached hydrogen (secondary N) is 1. The van der Waals surface area contributed by atoms with Crippen LogP contribution in [0.2, 0.25) is 0 Å². The Hall–Kier alpha value is -1.39. The van der Waals surface area contributed by atoms with Crippen LogP contribution in [0.3, 0.4) is 0 Å². The highest BCUT2D eigenvalue weighted by atomic mass is 32.1. The zero-order chi connectivity index (χ0) is 13.9. The van der Waals surface area contributed by atoms with E-state index >= 15 is 0 Å². The fourth-order valence-electron chi connectivity index (χ4n) is 2.24. The first-order valence-electron chi connectivity index (χ1n) is 6.98. The smallest absolute Gasteiger partial charge is 0.146 e. The lowest BCUT2D eigenvalue weighted by Crippen LogP contribution is -2.18. The molecular formula is C16H19FN2S. The van der Waals surface area contributed by atoms with E-state index in [0.29, 0.717) is 11.7 Å². The molecule has 0 atom stereocenters. The molecule has 0 unspecified atom stereocenters. The Morgan fingerprint density at radius 3 is 2.85 bits per heavy atom. The van der Waals surface area contributed by atoms with Crippen molar-refractivity contribution in [1.29, 1.82) is 0 Å². The van der Waals surface area contributed by atoms with Crippen molar-refractivity contribution in [3.05, 3.63) is 52.0 Å². The number of halogens is 1. The van der Waals surface area contributed by atoms with E-state index in [-0.39, 0.29) is 5.82 Å². The number of hydrogen-bond donors (Lipinski definition) is 1. The van der Waals surface area contributed by atoms with Gasteiger partial charge < -0.3 is 10.2 Å². The molecule has 0 radical (unpaired) electrons. The number of nitrogens with zero attached hydrogens (tertiary/aromatic N) is 1. The summed E-state index contributed by atoms with van der Waals surface area (Å²) in [6, 6.07) is 10.3. The van der Waals surface area contributed by atoms with E-state index in [0.717, 1.165) is 18.7 Å². The van der Waals surface area contributed by atoms with E-state index in [4.69, 9.17) is 0 Å². The maximum atomic E-state index is 14.2. The van der Waals surface area contributed by atoms with E-state index in [9.17, 15) is 4.39 Å². The molecule has 2 aromatic rings. The van der Waals surface area contributed by atoms with Crippen LogP contribution < -0.4 is 10.2 Å². The largest absolute Gasteiger partial charge is 0.367 e. The van der Waals surface area contributed by atoms with Gasteiger partial charge in [0.15, 0.2) is 0 Å². The summed E-state index contributed by atoms with van der Waals surface area (Å²) in [5.74, 6) is -0.140. The SMILES string of the molecule is CN(Cc1cccs1)c1ccc(CNC2CC2)cc1F. The first-order chi connectivity index (χ1) is 9.72. The molecule has 1 aliphatic carbocycles. The van der Waals surface area contributed by atoms with E-state index in [1.54, 1.807) is 17.4 Å². The first kappa shape index (κ1) is 13.6. The van der Waals surface area contributed by atoms with Crippen LogP contribution in [0.25, 0.3) is 0 Å². The van der Waals surface area contributed by atoms with Gasteiger partial charge in [0.1, 0.15) is 5.82 Å². The van der Waals surface area contributed by atoms with Gasteiger partial charge in [0, 0.05) is 24.5 Å². The lowest BCUT2D eigenvalue weighted by Gasteiger charge is -2.19. The van der Waals surface area contributed by atoms with Crippen LogP contribution in [0, 0.1) is 5.82 Å². The molecule has 1 aliphatic rings. The summed E-state index contributed by atoms with van der Waals surface area (Å²) < 4.78 is 14.2. The Kier molecular flexibility index (Phi) is 4.03. The molecule has 1 fully saturated rings. The van der Waals surface area contributed by atoms with Gasteiger partial charge in [0.25, 0.3) is 0 Å². The van der Waals surface area contributed by atoms with Crippen LogP contribution in [0.5, 0.6) is 0 Å². The summed E-state index contributed by atoms with van der Waals surface area (Å²) in [5.41, 5.74) is 1.68. The van der Waals surface area contributed by atoms with Crippen LogP contribution in [0.4, 0.5) is 10.1 Å². The highest BCUT2D eigenvalue weighted by molar-refractivity contribution is 7.09. The van der Waals surface area contributed by atoms with Crippen molar-refractivity contribution in [1.82, 2.24) is 5.32 Å². The van der Waals surface area contributed by atoms with Gasteiger partial charge in [0.2, 0.25) is 0 Å². The topological polar surface area (TPSA) is 15.3 Å². The number of anilines is 1. The van der Waals surface area contributed by atoms with Gasteiger partial charge >= 0.3 is 0 Å². The van der Waals surface area contributed by atoms with Crippen molar-refractivity contribution < 1.29 is 4.39 Å². The van der Waals surface area contributed by atoms with Gasteiger partial charge in [0.05, 0.1) is 12.2 Å². The molecule has 1 N–H and O–H groups in total. The minimum Gasteiger partial charge on any atom is -0.367 e. The van der Waals surface area contributed by atoms with Crippen LogP contribution in [-0.4, -0.2) is 13.1 Å². The van der Waals surface area contributed by atoms with Gasteiger partial charge in [-0.05, 0) is 42.0 Å². The fraction of sp³-hybridized carbons (Fsp3) is 0.375. The van der Waals surface area contributed by atoms with E-state index < -0.39 is 0 Å². The van der Waals surface area contributed by atoms with Crippen LogP contribution >= 0.6 is 11.3 Å². The third-order valence-electron chi connectivity index (χ3n) is 3.57. The van der Waals surface area contributed by atoms with Gasteiger partial charge in [-0.1, -0.05) is 12.1 Å². The highest BCUT2D eigenvalue weighted by Gasteiger charge is 2.20. The average Bonchev–Trinajstić information content (AvgIpc) is 3.13. The standard InChI is InChI=1S/C16H19FN2S/c1-19(11-14-3-2-8-20-14)16-7-4-12(9-15(16)17)10-18-13-5-6-13/h2-4,7-9,13,18H,5-6,10-11H2,1H3. The zero-order valence-electron chi connectivity index (χ0n) is 11.6. The molecule has 0 spiro atoms. The van der Waals surface area contributed by atoms with Gasteiger partial charge in [-0.2, -0.15) is 0 Å². The molecule has 0 saturated heterocycles. The van der Waals surface area contributed by atoms with Crippen molar-refractivity contribution in [3.63, 3.8) is 0 Å². The molecule has 1 aromatic heterocycles. The third-order valence-corrected chi connectivity index (χ3v) is 4.43. The number of rotatable bonds is 6. The molecule has 0 amide bonds. The molecule has 3 rings (SSSR count). The predicted molar refractivity (Wildman–Crippen MR) is 82.7 cm³/mol. The second-order valence-electron chi connectivity index (χ2n) is 5.38. The summed E-state index contributed by atoms with van der Waals surface area (Å²) in [5, 5.41) is 5.45. The Morgan fingerprint density at radius 1 is 1.35 bits per heavy atom. The molecule has 4 heteroatoms. The lowest BCUT2D eigenvalue weighted by molar-refractivity contribution is 0.615. The molecule has 1 saturated carbocycles. The summed E-state index contributed by atoms with van der Waals surface area (Å²) in [6.07, 6.45) is 2.51. The Labute approximate surface area is 123 Å². The fourth-order valence-corrected chi connectivity index (χ4v) is 3.00. The number of hydrogen-bond acceptors (Lipinski definition) is 3. The zero-order valence-corrected chi connectivity index (χ0v) is 12.4. The van der Waals surface area contributed by atoms with E-state index in [2.05, 4.69) is 11.4 Å². The summed E-state index contributed by atoms with van der Waals surface area (Å²) in [6.45, 7) is 1.50. The Balaban J connectivity index is 1.66. The number of benzene rings is 1. The lowest BCUT2D eigenvalue weighted by atomic mass is 10.2. The molecular weight excluding hydrogens is 271 g/mol. The van der Waals surface area contributed by atoms with Crippen molar-refractivity contribution in [2.75, 3.05) is 11.9 Å². The predicted octanol–water partition coefficient (Wildman–Crippen LogP) is 3.78. The van der Waals surface area contributed by atoms with E-state index in [1.165, 1.54) is 17.7 Å². The summed E-state index contributed by atoms with van der Waals surface area (Å²) in [7, 11) is 1.93. The normalized spacial score (nSPS) is 14.5. The second-order valence-corrected chi connectivity index (χ2v) is 6.41. The van der Waals surface area contributed by atoms with Crippen molar-refractivity contribution in [3.8, 4) is 0 Å². The van der Waals surface area contributed by atoms with Gasteiger partial charge in [-0.25, -0.2) is 4.39 Å². The molecule has 2 nitrogen and oxygen atoms in total. The van der Waals surface area contributed by atoms with Crippen LogP contribution in [0.15, 0.2) is 35.7 Å². The molecule has 1 aromatic carbocycles. The average molecular weight is 290 g/mol. The minimum atomic E-state index is -0.140. The molecule has 106 valence electrons. The summed E-state index contributed by atoms with van der Waals surface area (Å²) in [4.78, 5) is 3.20. The van der Waals surface area contributed by atoms with Crippen molar-refractivity contribution in [2.45, 2.75) is 32.0 Å². The summed E-state index contributed by atoms with van der Waals surface area (Å²) >= 11 is 1.70. The van der Waals surface area contributed by atoms with Gasteiger partial charge in [-0.3, -0.25) is 0 Å². The van der Waals surface area contributed by atoms with Gasteiger partial charge in [-0.15, -0.1) is 11.3 Å². The minimum absolute atomic E-state index is 0.140. The second kappa shape index (κ2) is 5.94. The monoisotopic (exact) mass is 290 g/mol. The quantitative estimate of drug-likeness (QED) is 0.871. The Bertz CT molecular complexity index is 564. The third kappa shape index (κ3) is 3.38. The number of thiophene rings is 1. The maximum Gasteiger partial charge on any atom is 0.146 e. The van der Waals surface area contributed by atoms with Crippen LogP contribution in [0.1, 0.15) is 23.3 Å². The Morgan fingerprint density at radius 2 is 2.20 bits per heavy atom. The maximum absolute atomic E-state index is 14.2. The van der Waals surface area contributed by atoms with Crippen LogP contribution in [-0.2, 0) is 13.1 Å². The van der Waals surface area contributed by atoms with E-state index in [1.807, 2.05) is 35.5 Å². The molecule has 1 heterocycles. The molecule has 0 aliphatic heterocycles. The molecule has 20 heavy (non-hydrogen) atoms. The first-order valence-corrected chi connectivity index (χ1v) is 7.85. The highest BCUT2D eigenvalue weighted by Crippen LogP contribution is 2.23. The van der Waals surface area contributed by atoms with Crippen molar-refractivity contribution >= 4 is 17.0 Å². The van der Waals surface area contributed by atoms with Crippen molar-refractivity contribution in [2.24, 2.45) is 0 Å². The molecule has 0 bridgehead atoms.